The largest absolute Gasteiger partial charge is 0.508 e. The Morgan fingerprint density at radius 1 is 1.27 bits per heavy atom. The first-order valence-electron chi connectivity index (χ1n) is 4.79. The van der Waals surface area contributed by atoms with E-state index in [-0.39, 0.29) is 11.6 Å². The van der Waals surface area contributed by atoms with Crippen molar-refractivity contribution in [3.05, 3.63) is 30.1 Å². The maximum absolute atomic E-state index is 12.0. The number of nitrogens with two attached hydrogens (primary N) is 1. The number of phenolic OH excluding ortho intramolecular Hbond substituents is 1. The number of aldehydes is 1. The van der Waals surface area contributed by atoms with Gasteiger partial charge in [0.2, 0.25) is 0 Å². The van der Waals surface area contributed by atoms with Crippen molar-refractivity contribution < 1.29 is 14.3 Å². The molecule has 0 radical (unpaired) electrons. The number of phenols is 1. The fourth-order valence-electron chi connectivity index (χ4n) is 0.813. The summed E-state index contributed by atoms with van der Waals surface area (Å²) in [6, 6.07) is 5.01. The molecule has 1 aromatic rings. The normalized spacial score (nSPS) is 8.93. The zero-order valence-corrected chi connectivity index (χ0v) is 8.53. The van der Waals surface area contributed by atoms with Crippen LogP contribution in [0.5, 0.6) is 5.75 Å². The van der Waals surface area contributed by atoms with E-state index in [1.54, 1.807) is 0 Å². The molecule has 0 spiro atoms. The summed E-state index contributed by atoms with van der Waals surface area (Å²) in [5.74, 6) is -0.241. The topological polar surface area (TPSA) is 63.3 Å². The quantitative estimate of drug-likeness (QED) is 0.592. The van der Waals surface area contributed by atoms with Gasteiger partial charge in [0.25, 0.3) is 0 Å². The molecule has 0 unspecified atom stereocenters. The monoisotopic (exact) mass is 213 g/mol. The molecule has 4 heteroatoms. The highest BCUT2D eigenvalue weighted by Gasteiger charge is 1.85. The number of rotatable bonds is 4. The van der Waals surface area contributed by atoms with E-state index in [0.717, 1.165) is 19.1 Å². The zero-order chi connectivity index (χ0) is 11.5. The summed E-state index contributed by atoms with van der Waals surface area (Å²) in [6.07, 6.45) is 3.51. The van der Waals surface area contributed by atoms with Gasteiger partial charge in [-0.25, -0.2) is 4.39 Å². The summed E-state index contributed by atoms with van der Waals surface area (Å²) < 4.78 is 12.0. The Bertz CT molecular complexity index is 241. The summed E-state index contributed by atoms with van der Waals surface area (Å²) in [5, 5.41) is 8.59. The summed E-state index contributed by atoms with van der Waals surface area (Å²) in [4.78, 5) is 9.64. The van der Waals surface area contributed by atoms with Gasteiger partial charge in [-0.3, -0.25) is 0 Å². The van der Waals surface area contributed by atoms with E-state index < -0.39 is 0 Å². The lowest BCUT2D eigenvalue weighted by Gasteiger charge is -1.86. The van der Waals surface area contributed by atoms with Crippen molar-refractivity contribution in [1.82, 2.24) is 0 Å². The molecule has 84 valence electrons. The maximum Gasteiger partial charge on any atom is 0.123 e. The van der Waals surface area contributed by atoms with E-state index in [2.05, 4.69) is 0 Å². The van der Waals surface area contributed by atoms with Gasteiger partial charge in [0.1, 0.15) is 17.9 Å². The highest BCUT2D eigenvalue weighted by Crippen LogP contribution is 2.06. The smallest absolute Gasteiger partial charge is 0.123 e. The Hall–Kier alpha value is -1.42. The van der Waals surface area contributed by atoms with Crippen LogP contribution < -0.4 is 5.73 Å². The fourth-order valence-corrected chi connectivity index (χ4v) is 0.813. The predicted octanol–water partition coefficient (Wildman–Crippen LogP) is 1.85. The minimum atomic E-state index is -0.331. The molecule has 15 heavy (non-hydrogen) atoms. The van der Waals surface area contributed by atoms with Crippen LogP contribution in [0.1, 0.15) is 19.3 Å². The molecule has 0 aliphatic heterocycles. The Morgan fingerprint density at radius 3 is 2.27 bits per heavy atom. The van der Waals surface area contributed by atoms with Crippen molar-refractivity contribution >= 4 is 6.29 Å². The maximum atomic E-state index is 12.0. The molecule has 1 aromatic carbocycles. The fraction of sp³-hybridized carbons (Fsp3) is 0.364. The number of carbonyl (C=O) groups is 1. The summed E-state index contributed by atoms with van der Waals surface area (Å²) in [7, 11) is 0. The third kappa shape index (κ3) is 8.90. The molecule has 0 heterocycles. The number of unbranched alkanes of at least 4 members (excludes halogenated alkanes) is 2. The van der Waals surface area contributed by atoms with Crippen molar-refractivity contribution in [3.8, 4) is 5.75 Å². The predicted molar refractivity (Wildman–Crippen MR) is 57.0 cm³/mol. The molecule has 3 N–H and O–H groups in total. The van der Waals surface area contributed by atoms with Crippen LogP contribution in [0.25, 0.3) is 0 Å². The van der Waals surface area contributed by atoms with Crippen LogP contribution in [0.4, 0.5) is 4.39 Å². The summed E-state index contributed by atoms with van der Waals surface area (Å²) in [6.45, 7) is 0.702. The highest BCUT2D eigenvalue weighted by atomic mass is 19.1. The number of aromatic hydroxyl groups is 1. The van der Waals surface area contributed by atoms with Gasteiger partial charge in [-0.05, 0) is 43.7 Å². The average Bonchev–Trinajstić information content (AvgIpc) is 2.24. The van der Waals surface area contributed by atoms with Gasteiger partial charge in [-0.1, -0.05) is 0 Å². The molecule has 3 nitrogen and oxygen atoms in total. The molecule has 0 fully saturated rings. The molecular weight excluding hydrogens is 197 g/mol. The molecule has 0 amide bonds. The standard InChI is InChI=1S/C6H5FO.C5H11NO/c7-5-1-3-6(8)4-2-5;6-4-2-1-3-5-7/h1-4,8H;5H,1-4,6H2. The van der Waals surface area contributed by atoms with E-state index in [4.69, 9.17) is 10.8 Å². The lowest BCUT2D eigenvalue weighted by molar-refractivity contribution is -0.107. The van der Waals surface area contributed by atoms with Crippen LogP contribution in [0.2, 0.25) is 0 Å². The van der Waals surface area contributed by atoms with Crippen molar-refractivity contribution in [2.45, 2.75) is 19.3 Å². The third-order valence-electron chi connectivity index (χ3n) is 1.60. The molecule has 0 bridgehead atoms. The van der Waals surface area contributed by atoms with Gasteiger partial charge in [0, 0.05) is 6.42 Å². The first kappa shape index (κ1) is 13.6. The molecule has 0 saturated carbocycles. The Labute approximate surface area is 88.7 Å². The van der Waals surface area contributed by atoms with Gasteiger partial charge < -0.3 is 15.6 Å². The molecule has 0 aliphatic carbocycles. The van der Waals surface area contributed by atoms with Gasteiger partial charge in [0.05, 0.1) is 0 Å². The molecule has 0 saturated heterocycles. The van der Waals surface area contributed by atoms with E-state index in [9.17, 15) is 9.18 Å². The van der Waals surface area contributed by atoms with Crippen LogP contribution in [0.15, 0.2) is 24.3 Å². The van der Waals surface area contributed by atoms with E-state index in [1.807, 2.05) is 0 Å². The third-order valence-corrected chi connectivity index (χ3v) is 1.60. The van der Waals surface area contributed by atoms with Gasteiger partial charge in [-0.2, -0.15) is 0 Å². The summed E-state index contributed by atoms with van der Waals surface area (Å²) in [5.41, 5.74) is 5.15. The second-order valence-electron chi connectivity index (χ2n) is 2.93. The van der Waals surface area contributed by atoms with Crippen LogP contribution in [0, 0.1) is 5.82 Å². The Morgan fingerprint density at radius 2 is 1.87 bits per heavy atom. The van der Waals surface area contributed by atoms with Crippen LogP contribution in [-0.2, 0) is 4.79 Å². The van der Waals surface area contributed by atoms with Crippen LogP contribution in [0.3, 0.4) is 0 Å². The number of benzene rings is 1. The van der Waals surface area contributed by atoms with E-state index >= 15 is 0 Å². The zero-order valence-electron chi connectivity index (χ0n) is 8.53. The van der Waals surface area contributed by atoms with Crippen molar-refractivity contribution in [2.24, 2.45) is 5.73 Å². The first-order chi connectivity index (χ1) is 7.20. The second-order valence-corrected chi connectivity index (χ2v) is 2.93. The van der Waals surface area contributed by atoms with Crippen LogP contribution in [-0.4, -0.2) is 17.9 Å². The Kier molecular flexibility index (Phi) is 8.28. The molecule has 0 atom stereocenters. The first-order valence-corrected chi connectivity index (χ1v) is 4.79. The van der Waals surface area contributed by atoms with Crippen molar-refractivity contribution in [2.75, 3.05) is 6.54 Å². The highest BCUT2D eigenvalue weighted by molar-refractivity contribution is 5.48. The number of halogens is 1. The Balaban J connectivity index is 0.000000265. The molecule has 0 aromatic heterocycles. The number of carbonyl (C=O) groups excluding carboxylic acids is 1. The van der Waals surface area contributed by atoms with Gasteiger partial charge in [0.15, 0.2) is 0 Å². The SMILES string of the molecule is NCCCCC=O.Oc1ccc(F)cc1. The molecule has 1 rings (SSSR count). The summed E-state index contributed by atoms with van der Waals surface area (Å²) >= 11 is 0. The number of hydrogen-bond acceptors (Lipinski definition) is 3. The lowest BCUT2D eigenvalue weighted by Crippen LogP contribution is -1.97. The minimum absolute atomic E-state index is 0.0893. The van der Waals surface area contributed by atoms with E-state index in [0.29, 0.717) is 13.0 Å². The average molecular weight is 213 g/mol. The van der Waals surface area contributed by atoms with Gasteiger partial charge >= 0.3 is 0 Å². The molecule has 0 aliphatic rings. The second kappa shape index (κ2) is 9.15. The van der Waals surface area contributed by atoms with E-state index in [1.165, 1.54) is 24.3 Å². The minimum Gasteiger partial charge on any atom is -0.508 e. The molecular formula is C11H16FNO2. The lowest BCUT2D eigenvalue weighted by atomic mass is 10.2. The van der Waals surface area contributed by atoms with Crippen molar-refractivity contribution in [3.63, 3.8) is 0 Å². The van der Waals surface area contributed by atoms with Crippen molar-refractivity contribution in [1.29, 1.82) is 0 Å². The van der Waals surface area contributed by atoms with Crippen LogP contribution >= 0.6 is 0 Å². The van der Waals surface area contributed by atoms with Gasteiger partial charge in [-0.15, -0.1) is 0 Å². The number of hydrogen-bond donors (Lipinski definition) is 2.